The molecular weight excluding hydrogens is 384 g/mol. The first-order valence-corrected chi connectivity index (χ1v) is 8.73. The number of nitrogens with zero attached hydrogens (tertiary/aromatic N) is 1. The number of benzene rings is 1. The Morgan fingerprint density at radius 1 is 1.18 bits per heavy atom. The van der Waals surface area contributed by atoms with Gasteiger partial charge in [-0.15, -0.1) is 13.2 Å². The quantitative estimate of drug-likeness (QED) is 0.767. The molecule has 1 aromatic carbocycles. The zero-order valence-corrected chi connectivity index (χ0v) is 14.7. The van der Waals surface area contributed by atoms with Crippen LogP contribution < -0.4 is 10.1 Å². The van der Waals surface area contributed by atoms with Crippen molar-refractivity contribution in [3.8, 4) is 5.75 Å². The van der Waals surface area contributed by atoms with E-state index in [-0.39, 0.29) is 11.7 Å². The largest absolute Gasteiger partial charge is 0.573 e. The Balaban J connectivity index is 1.74. The second-order valence-corrected chi connectivity index (χ2v) is 6.86. The summed E-state index contributed by atoms with van der Waals surface area (Å²) < 4.78 is 53.0. The van der Waals surface area contributed by atoms with Gasteiger partial charge in [0.05, 0.1) is 5.41 Å². The number of nitrogens with one attached hydrogen (secondary N) is 1. The van der Waals surface area contributed by atoms with Crippen molar-refractivity contribution in [1.29, 1.82) is 0 Å². The molecular formula is C18H18F4N2O4. The van der Waals surface area contributed by atoms with E-state index in [0.717, 1.165) is 12.1 Å². The smallest absolute Gasteiger partial charge is 0.406 e. The monoisotopic (exact) mass is 402 g/mol. The molecule has 1 atom stereocenters. The van der Waals surface area contributed by atoms with Gasteiger partial charge in [0.2, 0.25) is 11.8 Å². The van der Waals surface area contributed by atoms with E-state index in [9.17, 15) is 31.9 Å². The van der Waals surface area contributed by atoms with E-state index in [0.29, 0.717) is 37.8 Å². The lowest BCUT2D eigenvalue weighted by Crippen LogP contribution is -2.50. The minimum Gasteiger partial charge on any atom is -0.406 e. The van der Waals surface area contributed by atoms with Gasteiger partial charge >= 0.3 is 6.36 Å². The lowest BCUT2D eigenvalue weighted by atomic mass is 9.93. The van der Waals surface area contributed by atoms with Gasteiger partial charge in [-0.25, -0.2) is 4.39 Å². The average molecular weight is 402 g/mol. The van der Waals surface area contributed by atoms with Gasteiger partial charge in [0.25, 0.3) is 5.91 Å². The van der Waals surface area contributed by atoms with Crippen LogP contribution in [0.4, 0.5) is 17.6 Å². The number of hydrogen-bond donors (Lipinski definition) is 1. The van der Waals surface area contributed by atoms with Crippen LogP contribution in [0.15, 0.2) is 24.3 Å². The van der Waals surface area contributed by atoms with Crippen LogP contribution in [0.5, 0.6) is 5.75 Å². The summed E-state index contributed by atoms with van der Waals surface area (Å²) in [6.45, 7) is -1.01. The van der Waals surface area contributed by atoms with Crippen molar-refractivity contribution in [2.24, 2.45) is 0 Å². The number of likely N-dealkylation sites (tertiary alicyclic amines) is 1. The Labute approximate surface area is 157 Å². The Morgan fingerprint density at radius 2 is 1.82 bits per heavy atom. The lowest BCUT2D eigenvalue weighted by molar-refractivity contribution is -0.274. The molecule has 1 saturated carbocycles. The minimum absolute atomic E-state index is 0.317. The van der Waals surface area contributed by atoms with E-state index in [2.05, 4.69) is 4.74 Å². The van der Waals surface area contributed by atoms with Crippen molar-refractivity contribution in [3.05, 3.63) is 29.8 Å². The third-order valence-corrected chi connectivity index (χ3v) is 5.00. The summed E-state index contributed by atoms with van der Waals surface area (Å²) in [5.74, 6) is -2.49. The first-order valence-electron chi connectivity index (χ1n) is 8.73. The molecule has 0 spiro atoms. The first kappa shape index (κ1) is 20.1. The summed E-state index contributed by atoms with van der Waals surface area (Å²) in [6.07, 6.45) is -2.89. The van der Waals surface area contributed by atoms with Crippen LogP contribution in [0.2, 0.25) is 0 Å². The lowest BCUT2D eigenvalue weighted by Gasteiger charge is -2.28. The second kappa shape index (κ2) is 7.40. The van der Waals surface area contributed by atoms with Crippen LogP contribution in [0.25, 0.3) is 0 Å². The van der Waals surface area contributed by atoms with Crippen molar-refractivity contribution in [1.82, 2.24) is 10.2 Å². The van der Waals surface area contributed by atoms with Crippen LogP contribution >= 0.6 is 0 Å². The standard InChI is InChI=1S/C18H18F4N2O4/c19-10-14(25)23-15(26)13-2-1-9-24(13)16(27)17(7-8-17)11-3-5-12(6-4-11)28-18(20,21)22/h3-6,13H,1-2,7-10H2,(H,23,25,26)/t13-/m0/s1. The Morgan fingerprint density at radius 3 is 2.36 bits per heavy atom. The fraction of sp³-hybridized carbons (Fsp3) is 0.500. The molecule has 1 aliphatic heterocycles. The third kappa shape index (κ3) is 4.10. The molecule has 2 fully saturated rings. The summed E-state index contributed by atoms with van der Waals surface area (Å²) in [4.78, 5) is 37.7. The molecule has 6 nitrogen and oxygen atoms in total. The van der Waals surface area contributed by atoms with E-state index >= 15 is 0 Å². The fourth-order valence-electron chi connectivity index (χ4n) is 3.54. The van der Waals surface area contributed by atoms with Gasteiger partial charge in [-0.3, -0.25) is 19.7 Å². The van der Waals surface area contributed by atoms with Crippen molar-refractivity contribution in [3.63, 3.8) is 0 Å². The Hall–Kier alpha value is -2.65. The molecule has 3 amide bonds. The number of imide groups is 1. The predicted molar refractivity (Wildman–Crippen MR) is 87.9 cm³/mol. The van der Waals surface area contributed by atoms with Gasteiger partial charge in [0, 0.05) is 6.54 Å². The molecule has 3 rings (SSSR count). The number of hydrogen-bond acceptors (Lipinski definition) is 4. The molecule has 10 heteroatoms. The Bertz CT molecular complexity index is 775. The van der Waals surface area contributed by atoms with Gasteiger partial charge in [0.1, 0.15) is 11.8 Å². The number of halogens is 4. The SMILES string of the molecule is O=C(CF)NC(=O)[C@@H]1CCCN1C(=O)C1(c2ccc(OC(F)(F)F)cc2)CC1. The maximum atomic E-state index is 13.1. The fourth-order valence-corrected chi connectivity index (χ4v) is 3.54. The third-order valence-electron chi connectivity index (χ3n) is 5.00. The number of amides is 3. The van der Waals surface area contributed by atoms with Crippen molar-refractivity contribution in [2.45, 2.75) is 43.5 Å². The molecule has 152 valence electrons. The van der Waals surface area contributed by atoms with Gasteiger partial charge in [0.15, 0.2) is 6.67 Å². The van der Waals surface area contributed by atoms with Gasteiger partial charge in [-0.2, -0.15) is 0 Å². The summed E-state index contributed by atoms with van der Waals surface area (Å²) >= 11 is 0. The van der Waals surface area contributed by atoms with E-state index in [4.69, 9.17) is 0 Å². The number of alkyl halides is 4. The van der Waals surface area contributed by atoms with E-state index in [1.165, 1.54) is 17.0 Å². The van der Waals surface area contributed by atoms with E-state index in [1.54, 1.807) is 0 Å². The number of ether oxygens (including phenoxy) is 1. The number of carbonyl (C=O) groups is 3. The van der Waals surface area contributed by atoms with E-state index < -0.39 is 36.3 Å². The van der Waals surface area contributed by atoms with Crippen molar-refractivity contribution in [2.75, 3.05) is 13.2 Å². The summed E-state index contributed by atoms with van der Waals surface area (Å²) in [5, 5.41) is 1.93. The summed E-state index contributed by atoms with van der Waals surface area (Å²) in [5.41, 5.74) is -0.359. The Kier molecular flexibility index (Phi) is 5.31. The summed E-state index contributed by atoms with van der Waals surface area (Å²) in [7, 11) is 0. The second-order valence-electron chi connectivity index (χ2n) is 6.86. The maximum absolute atomic E-state index is 13.1. The molecule has 0 unspecified atom stereocenters. The number of rotatable bonds is 5. The van der Waals surface area contributed by atoms with Crippen LogP contribution in [0.1, 0.15) is 31.2 Å². The van der Waals surface area contributed by atoms with Crippen LogP contribution in [-0.2, 0) is 19.8 Å². The highest BCUT2D eigenvalue weighted by Gasteiger charge is 2.55. The van der Waals surface area contributed by atoms with Crippen LogP contribution in [-0.4, -0.2) is 48.2 Å². The van der Waals surface area contributed by atoms with Crippen molar-refractivity contribution < 1.29 is 36.7 Å². The van der Waals surface area contributed by atoms with Crippen LogP contribution in [0.3, 0.4) is 0 Å². The number of carbonyl (C=O) groups excluding carboxylic acids is 3. The molecule has 1 aliphatic carbocycles. The maximum Gasteiger partial charge on any atom is 0.573 e. The molecule has 28 heavy (non-hydrogen) atoms. The topological polar surface area (TPSA) is 75.7 Å². The minimum atomic E-state index is -4.80. The molecule has 1 N–H and O–H groups in total. The molecule has 1 heterocycles. The highest BCUT2D eigenvalue weighted by atomic mass is 19.4. The van der Waals surface area contributed by atoms with Gasteiger partial charge < -0.3 is 9.64 Å². The van der Waals surface area contributed by atoms with Gasteiger partial charge in [-0.05, 0) is 43.4 Å². The van der Waals surface area contributed by atoms with Crippen molar-refractivity contribution >= 4 is 17.7 Å². The first-order chi connectivity index (χ1) is 13.2. The molecule has 0 radical (unpaired) electrons. The van der Waals surface area contributed by atoms with Gasteiger partial charge in [-0.1, -0.05) is 12.1 Å². The molecule has 0 aromatic heterocycles. The summed E-state index contributed by atoms with van der Waals surface area (Å²) in [6, 6.07) is 4.23. The highest BCUT2D eigenvalue weighted by Crippen LogP contribution is 2.50. The highest BCUT2D eigenvalue weighted by molar-refractivity contribution is 6.01. The predicted octanol–water partition coefficient (Wildman–Crippen LogP) is 2.22. The zero-order valence-electron chi connectivity index (χ0n) is 14.7. The zero-order chi connectivity index (χ0) is 20.5. The van der Waals surface area contributed by atoms with Crippen LogP contribution in [0, 0.1) is 0 Å². The van der Waals surface area contributed by atoms with E-state index in [1.807, 2.05) is 5.32 Å². The average Bonchev–Trinajstić information content (AvgIpc) is 3.29. The normalized spacial score (nSPS) is 20.6. The molecule has 2 aliphatic rings. The molecule has 0 bridgehead atoms. The molecule has 1 saturated heterocycles. The molecule has 1 aromatic rings.